The van der Waals surface area contributed by atoms with Crippen LogP contribution < -0.4 is 29.1 Å². The van der Waals surface area contributed by atoms with Gasteiger partial charge in [0.2, 0.25) is 0 Å². The first-order chi connectivity index (χ1) is 21.9. The van der Waals surface area contributed by atoms with E-state index >= 15 is 0 Å². The minimum atomic E-state index is -0.809. The average molecular weight is 706 g/mol. The summed E-state index contributed by atoms with van der Waals surface area (Å²) < 4.78 is 26.0. The van der Waals surface area contributed by atoms with Gasteiger partial charge in [0.15, 0.2) is 16.3 Å². The third-order valence-electron chi connectivity index (χ3n) is 7.77. The van der Waals surface area contributed by atoms with Crippen molar-refractivity contribution in [3.8, 4) is 17.2 Å². The first-order valence-corrected chi connectivity index (χ1v) is 16.5. The minimum Gasteiger partial charge on any atom is -0.496 e. The number of aryl methyl sites for hydroxylation is 3. The van der Waals surface area contributed by atoms with Crippen molar-refractivity contribution >= 4 is 39.3 Å². The summed E-state index contributed by atoms with van der Waals surface area (Å²) in [5.74, 6) is 1.15. The monoisotopic (exact) mass is 704 g/mol. The summed E-state index contributed by atoms with van der Waals surface area (Å²) in [4.78, 5) is 32.8. The van der Waals surface area contributed by atoms with E-state index in [1.807, 2.05) is 30.3 Å². The molecule has 0 aliphatic carbocycles. The van der Waals surface area contributed by atoms with E-state index in [9.17, 15) is 9.59 Å². The maximum atomic E-state index is 14.2. The van der Waals surface area contributed by atoms with Gasteiger partial charge in [-0.15, -0.1) is 0 Å². The zero-order valence-corrected chi connectivity index (χ0v) is 29.6. The van der Waals surface area contributed by atoms with Crippen molar-refractivity contribution in [2.75, 3.05) is 14.2 Å². The molecule has 2 heterocycles. The summed E-state index contributed by atoms with van der Waals surface area (Å²) in [6, 6.07) is 14.6. The van der Waals surface area contributed by atoms with E-state index in [-0.39, 0.29) is 17.2 Å². The lowest BCUT2D eigenvalue weighted by molar-refractivity contribution is -0.143. The van der Waals surface area contributed by atoms with E-state index in [1.54, 1.807) is 51.7 Å². The summed E-state index contributed by atoms with van der Waals surface area (Å²) in [7, 11) is 3.15. The van der Waals surface area contributed by atoms with E-state index in [2.05, 4.69) is 48.8 Å². The molecule has 0 saturated heterocycles. The predicted octanol–water partition coefficient (Wildman–Crippen LogP) is 6.47. The molecular weight excluding hydrogens is 668 g/mol. The number of nitrogens with zero attached hydrogens (tertiary/aromatic N) is 2. The molecular formula is C36H37BrN2O6S. The van der Waals surface area contributed by atoms with Crippen molar-refractivity contribution in [1.29, 1.82) is 0 Å². The SMILES string of the molecule is COc1cc(/C=c2\sc3n(c2=O)[C@H](c2cc(Br)ccc2OC)C(C(=O)OC(C)C)=C(C)N=3)ccc1OCc1c(C)cc(C)cc1C. The number of rotatable bonds is 9. The molecule has 1 aliphatic heterocycles. The summed E-state index contributed by atoms with van der Waals surface area (Å²) in [5, 5.41) is 0. The van der Waals surface area contributed by atoms with Crippen LogP contribution in [0, 0.1) is 20.8 Å². The Morgan fingerprint density at radius 1 is 0.978 bits per heavy atom. The lowest BCUT2D eigenvalue weighted by atomic mass is 9.95. The molecule has 1 atom stereocenters. The molecule has 3 aromatic carbocycles. The van der Waals surface area contributed by atoms with Crippen molar-refractivity contribution in [3.05, 3.63) is 117 Å². The molecule has 0 saturated carbocycles. The van der Waals surface area contributed by atoms with Crippen molar-refractivity contribution < 1.29 is 23.7 Å². The van der Waals surface area contributed by atoms with Gasteiger partial charge < -0.3 is 18.9 Å². The van der Waals surface area contributed by atoms with Crippen LogP contribution in [0.1, 0.15) is 60.2 Å². The fourth-order valence-corrected chi connectivity index (χ4v) is 7.13. The van der Waals surface area contributed by atoms with Crippen LogP contribution in [-0.2, 0) is 16.1 Å². The third-order valence-corrected chi connectivity index (χ3v) is 9.24. The van der Waals surface area contributed by atoms with Crippen LogP contribution in [-0.4, -0.2) is 30.9 Å². The molecule has 0 radical (unpaired) electrons. The first kappa shape index (κ1) is 33.2. The van der Waals surface area contributed by atoms with Gasteiger partial charge in [-0.1, -0.05) is 51.0 Å². The normalized spacial score (nSPS) is 14.7. The average Bonchev–Trinajstić information content (AvgIpc) is 3.29. The third kappa shape index (κ3) is 6.69. The molecule has 240 valence electrons. The van der Waals surface area contributed by atoms with Crippen molar-refractivity contribution in [2.45, 2.75) is 60.3 Å². The van der Waals surface area contributed by atoms with Gasteiger partial charge in [0, 0.05) is 10.0 Å². The fourth-order valence-electron chi connectivity index (χ4n) is 5.71. The van der Waals surface area contributed by atoms with Gasteiger partial charge >= 0.3 is 5.97 Å². The molecule has 0 fully saturated rings. The molecule has 0 N–H and O–H groups in total. The number of carbonyl (C=O) groups excluding carboxylic acids is 1. The summed E-state index contributed by atoms with van der Waals surface area (Å²) >= 11 is 4.79. The molecule has 1 aromatic heterocycles. The number of methoxy groups -OCH3 is 2. The quantitative estimate of drug-likeness (QED) is 0.186. The number of hydrogen-bond acceptors (Lipinski definition) is 8. The molecule has 4 aromatic rings. The number of thiazole rings is 1. The van der Waals surface area contributed by atoms with Crippen LogP contribution in [0.2, 0.25) is 0 Å². The summed E-state index contributed by atoms with van der Waals surface area (Å²) in [6.45, 7) is 12.0. The maximum Gasteiger partial charge on any atom is 0.338 e. The topological polar surface area (TPSA) is 88.4 Å². The van der Waals surface area contributed by atoms with E-state index in [4.69, 9.17) is 23.9 Å². The second kappa shape index (κ2) is 13.7. The Balaban J connectivity index is 1.58. The van der Waals surface area contributed by atoms with Gasteiger partial charge in [0.1, 0.15) is 18.4 Å². The fraction of sp³-hybridized carbons (Fsp3) is 0.306. The Morgan fingerprint density at radius 3 is 2.30 bits per heavy atom. The van der Waals surface area contributed by atoms with Gasteiger partial charge in [-0.25, -0.2) is 9.79 Å². The van der Waals surface area contributed by atoms with Crippen molar-refractivity contribution in [3.63, 3.8) is 0 Å². The number of ether oxygens (including phenoxy) is 4. The van der Waals surface area contributed by atoms with Crippen LogP contribution in [0.25, 0.3) is 6.08 Å². The van der Waals surface area contributed by atoms with Gasteiger partial charge in [-0.2, -0.15) is 0 Å². The number of carbonyl (C=O) groups is 1. The number of fused-ring (bicyclic) bond motifs is 1. The largest absolute Gasteiger partial charge is 0.496 e. The number of halogens is 1. The van der Waals surface area contributed by atoms with Crippen molar-refractivity contribution in [2.24, 2.45) is 4.99 Å². The zero-order chi connectivity index (χ0) is 33.3. The highest BCUT2D eigenvalue weighted by atomic mass is 79.9. The minimum absolute atomic E-state index is 0.284. The van der Waals surface area contributed by atoms with Gasteiger partial charge in [0.25, 0.3) is 5.56 Å². The van der Waals surface area contributed by atoms with Gasteiger partial charge in [-0.3, -0.25) is 9.36 Å². The van der Waals surface area contributed by atoms with Crippen LogP contribution >= 0.6 is 27.3 Å². The molecule has 0 unspecified atom stereocenters. The van der Waals surface area contributed by atoms with Crippen LogP contribution in [0.3, 0.4) is 0 Å². The Labute approximate surface area is 280 Å². The highest BCUT2D eigenvalue weighted by Gasteiger charge is 2.35. The second-order valence-corrected chi connectivity index (χ2v) is 13.4. The summed E-state index contributed by atoms with van der Waals surface area (Å²) in [6.07, 6.45) is 1.44. The number of benzene rings is 3. The molecule has 46 heavy (non-hydrogen) atoms. The maximum absolute atomic E-state index is 14.2. The molecule has 0 spiro atoms. The molecule has 0 bridgehead atoms. The lowest BCUT2D eigenvalue weighted by Crippen LogP contribution is -2.40. The number of hydrogen-bond donors (Lipinski definition) is 0. The number of allylic oxidation sites excluding steroid dienone is 1. The second-order valence-electron chi connectivity index (χ2n) is 11.5. The van der Waals surface area contributed by atoms with E-state index < -0.39 is 12.0 Å². The van der Waals surface area contributed by atoms with Crippen LogP contribution in [0.15, 0.2) is 74.1 Å². The predicted molar refractivity (Wildman–Crippen MR) is 184 cm³/mol. The Kier molecular flexibility index (Phi) is 9.88. The Morgan fingerprint density at radius 2 is 1.65 bits per heavy atom. The molecule has 8 nitrogen and oxygen atoms in total. The molecule has 10 heteroatoms. The Bertz CT molecular complexity index is 2020. The summed E-state index contributed by atoms with van der Waals surface area (Å²) in [5.41, 5.74) is 6.58. The highest BCUT2D eigenvalue weighted by Crippen LogP contribution is 2.37. The standard InChI is InChI=1S/C36H37BrN2O6S/c1-19(2)45-35(41)32-23(6)38-36-39(33(32)26-17-25(37)10-12-28(26)42-7)34(40)31(46-36)16-24-9-11-29(30(15-24)43-8)44-18-27-21(4)13-20(3)14-22(27)5/h9-17,19,33H,18H2,1-8H3/b31-16-/t33-/m1/s1. The molecule has 5 rings (SSSR count). The van der Waals surface area contributed by atoms with Crippen molar-refractivity contribution in [1.82, 2.24) is 4.57 Å². The lowest BCUT2D eigenvalue weighted by Gasteiger charge is -2.26. The van der Waals surface area contributed by atoms with E-state index in [0.29, 0.717) is 44.4 Å². The number of esters is 1. The zero-order valence-electron chi connectivity index (χ0n) is 27.2. The van der Waals surface area contributed by atoms with Gasteiger partial charge in [0.05, 0.1) is 36.1 Å². The van der Waals surface area contributed by atoms with E-state index in [1.165, 1.54) is 28.0 Å². The van der Waals surface area contributed by atoms with Crippen LogP contribution in [0.5, 0.6) is 17.2 Å². The molecule has 0 amide bonds. The molecule has 1 aliphatic rings. The number of aromatic nitrogens is 1. The highest BCUT2D eigenvalue weighted by molar-refractivity contribution is 9.10. The first-order valence-electron chi connectivity index (χ1n) is 14.9. The smallest absolute Gasteiger partial charge is 0.338 e. The van der Waals surface area contributed by atoms with Gasteiger partial charge in [-0.05, 0) is 100 Å². The van der Waals surface area contributed by atoms with Crippen LogP contribution in [0.4, 0.5) is 0 Å². The van der Waals surface area contributed by atoms with E-state index in [0.717, 1.165) is 15.6 Å². The Hall–Kier alpha value is -4.15.